The van der Waals surface area contributed by atoms with Crippen LogP contribution in [0.1, 0.15) is 6.42 Å². The molecule has 11 heavy (non-hydrogen) atoms. The Labute approximate surface area is 70.2 Å². The maximum Gasteiger partial charge on any atom is 0.0331 e. The molecule has 2 aliphatic heterocycles. The highest BCUT2D eigenvalue weighted by Gasteiger charge is 2.26. The highest BCUT2D eigenvalue weighted by Crippen LogP contribution is 2.13. The second kappa shape index (κ2) is 3.36. The number of hydrogen-bond donors (Lipinski definition) is 2. The SMILES string of the molecule is PN1CC(NC2CCNC2)C1. The number of hydrogen-bond acceptors (Lipinski definition) is 3. The topological polar surface area (TPSA) is 27.3 Å². The van der Waals surface area contributed by atoms with Crippen molar-refractivity contribution in [3.05, 3.63) is 0 Å². The first-order chi connectivity index (χ1) is 5.34. The van der Waals surface area contributed by atoms with E-state index in [4.69, 9.17) is 0 Å². The van der Waals surface area contributed by atoms with Crippen LogP contribution >= 0.6 is 9.39 Å². The Kier molecular flexibility index (Phi) is 2.42. The summed E-state index contributed by atoms with van der Waals surface area (Å²) in [6, 6.07) is 1.48. The molecule has 2 unspecified atom stereocenters. The van der Waals surface area contributed by atoms with Crippen molar-refractivity contribution in [3.8, 4) is 0 Å². The van der Waals surface area contributed by atoms with E-state index < -0.39 is 0 Å². The van der Waals surface area contributed by atoms with Crippen molar-refractivity contribution in [2.24, 2.45) is 0 Å². The van der Waals surface area contributed by atoms with E-state index in [1.807, 2.05) is 0 Å². The number of rotatable bonds is 2. The highest BCUT2D eigenvalue weighted by atomic mass is 31.0. The van der Waals surface area contributed by atoms with E-state index >= 15 is 0 Å². The van der Waals surface area contributed by atoms with Crippen LogP contribution in [-0.2, 0) is 0 Å². The lowest BCUT2D eigenvalue weighted by Crippen LogP contribution is -2.56. The van der Waals surface area contributed by atoms with Crippen molar-refractivity contribution in [1.29, 1.82) is 0 Å². The van der Waals surface area contributed by atoms with Gasteiger partial charge in [0.1, 0.15) is 0 Å². The van der Waals surface area contributed by atoms with Crippen LogP contribution in [0.4, 0.5) is 0 Å². The van der Waals surface area contributed by atoms with Crippen LogP contribution in [0.5, 0.6) is 0 Å². The first kappa shape index (κ1) is 7.93. The first-order valence-electron chi connectivity index (χ1n) is 4.31. The zero-order valence-electron chi connectivity index (χ0n) is 6.71. The smallest absolute Gasteiger partial charge is 0.0331 e. The minimum Gasteiger partial charge on any atom is -0.315 e. The Morgan fingerprint density at radius 3 is 2.73 bits per heavy atom. The van der Waals surface area contributed by atoms with Gasteiger partial charge in [-0.1, -0.05) is 9.39 Å². The third-order valence-electron chi connectivity index (χ3n) is 2.44. The fourth-order valence-electron chi connectivity index (χ4n) is 1.75. The molecular weight excluding hydrogens is 157 g/mol. The summed E-state index contributed by atoms with van der Waals surface area (Å²) in [5.41, 5.74) is 0. The van der Waals surface area contributed by atoms with Crippen LogP contribution in [0.15, 0.2) is 0 Å². The molecule has 2 heterocycles. The second-order valence-corrected chi connectivity index (χ2v) is 4.24. The lowest BCUT2D eigenvalue weighted by Gasteiger charge is -2.38. The molecule has 0 aromatic heterocycles. The minimum absolute atomic E-state index is 0.735. The molecule has 0 aromatic rings. The Balaban J connectivity index is 1.66. The molecule has 0 radical (unpaired) electrons. The summed E-state index contributed by atoms with van der Waals surface area (Å²) >= 11 is 0. The first-order valence-corrected chi connectivity index (χ1v) is 4.82. The van der Waals surface area contributed by atoms with Gasteiger partial charge in [0, 0.05) is 31.7 Å². The molecule has 3 nitrogen and oxygen atoms in total. The maximum absolute atomic E-state index is 3.63. The Morgan fingerprint density at radius 2 is 2.18 bits per heavy atom. The lowest BCUT2D eigenvalue weighted by atomic mass is 10.1. The quantitative estimate of drug-likeness (QED) is 0.547. The third-order valence-corrected chi connectivity index (χ3v) is 2.86. The van der Waals surface area contributed by atoms with Crippen molar-refractivity contribution in [2.75, 3.05) is 26.2 Å². The summed E-state index contributed by atoms with van der Waals surface area (Å²) in [6.45, 7) is 4.74. The van der Waals surface area contributed by atoms with Crippen molar-refractivity contribution >= 4 is 9.39 Å². The summed E-state index contributed by atoms with van der Waals surface area (Å²) in [7, 11) is 2.73. The molecule has 0 saturated carbocycles. The van der Waals surface area contributed by atoms with E-state index in [0.717, 1.165) is 18.6 Å². The summed E-state index contributed by atoms with van der Waals surface area (Å²) in [4.78, 5) is 0. The lowest BCUT2D eigenvalue weighted by molar-refractivity contribution is 0.230. The van der Waals surface area contributed by atoms with Crippen molar-refractivity contribution in [2.45, 2.75) is 18.5 Å². The summed E-state index contributed by atoms with van der Waals surface area (Å²) < 4.78 is 2.26. The molecule has 2 N–H and O–H groups in total. The van der Waals surface area contributed by atoms with Gasteiger partial charge in [0.25, 0.3) is 0 Å². The third kappa shape index (κ3) is 1.91. The van der Waals surface area contributed by atoms with Gasteiger partial charge >= 0.3 is 0 Å². The molecule has 0 aromatic carbocycles. The molecule has 2 aliphatic rings. The molecule has 0 amide bonds. The van der Waals surface area contributed by atoms with Gasteiger partial charge in [-0.2, -0.15) is 0 Å². The molecule has 2 rings (SSSR count). The molecular formula is C7H16N3P. The summed E-state index contributed by atoms with van der Waals surface area (Å²) in [5.74, 6) is 0. The molecule has 2 fully saturated rings. The molecule has 0 aliphatic carbocycles. The van der Waals surface area contributed by atoms with Gasteiger partial charge in [0.15, 0.2) is 0 Å². The summed E-state index contributed by atoms with van der Waals surface area (Å²) in [6.07, 6.45) is 1.30. The number of nitrogens with zero attached hydrogens (tertiary/aromatic N) is 1. The van der Waals surface area contributed by atoms with Gasteiger partial charge in [-0.15, -0.1) is 0 Å². The molecule has 2 saturated heterocycles. The normalized spacial score (nSPS) is 34.1. The van der Waals surface area contributed by atoms with E-state index in [2.05, 4.69) is 24.7 Å². The van der Waals surface area contributed by atoms with E-state index in [9.17, 15) is 0 Å². The van der Waals surface area contributed by atoms with Gasteiger partial charge in [-0.05, 0) is 13.0 Å². The van der Waals surface area contributed by atoms with Gasteiger partial charge < -0.3 is 10.6 Å². The number of nitrogens with one attached hydrogen (secondary N) is 2. The van der Waals surface area contributed by atoms with Crippen LogP contribution in [0.25, 0.3) is 0 Å². The van der Waals surface area contributed by atoms with Crippen molar-refractivity contribution in [3.63, 3.8) is 0 Å². The van der Waals surface area contributed by atoms with Gasteiger partial charge in [0.05, 0.1) is 0 Å². The fraction of sp³-hybridized carbons (Fsp3) is 1.00. The minimum atomic E-state index is 0.735. The predicted octanol–water partition coefficient (Wildman–Crippen LogP) is -0.588. The monoisotopic (exact) mass is 173 g/mol. The van der Waals surface area contributed by atoms with Crippen LogP contribution in [0, 0.1) is 0 Å². The Hall–Kier alpha value is 0.310. The van der Waals surface area contributed by atoms with Gasteiger partial charge in [-0.3, -0.25) is 4.67 Å². The van der Waals surface area contributed by atoms with Crippen LogP contribution in [-0.4, -0.2) is 42.9 Å². The van der Waals surface area contributed by atoms with E-state index in [0.29, 0.717) is 0 Å². The molecule has 2 atom stereocenters. The highest BCUT2D eigenvalue weighted by molar-refractivity contribution is 7.13. The zero-order valence-corrected chi connectivity index (χ0v) is 7.87. The summed E-state index contributed by atoms with van der Waals surface area (Å²) in [5, 5.41) is 6.98. The average Bonchev–Trinajstić information content (AvgIpc) is 2.36. The fourth-order valence-corrected chi connectivity index (χ4v) is 2.26. The largest absolute Gasteiger partial charge is 0.315 e. The Morgan fingerprint density at radius 1 is 1.36 bits per heavy atom. The van der Waals surface area contributed by atoms with Gasteiger partial charge in [0.2, 0.25) is 0 Å². The van der Waals surface area contributed by atoms with Crippen LogP contribution in [0.2, 0.25) is 0 Å². The maximum atomic E-state index is 3.63. The average molecular weight is 173 g/mol. The van der Waals surface area contributed by atoms with Gasteiger partial charge in [-0.25, -0.2) is 0 Å². The molecule has 0 bridgehead atoms. The van der Waals surface area contributed by atoms with Crippen molar-refractivity contribution in [1.82, 2.24) is 15.3 Å². The predicted molar refractivity (Wildman–Crippen MR) is 49.5 cm³/mol. The zero-order chi connectivity index (χ0) is 7.68. The Bertz CT molecular complexity index is 130. The van der Waals surface area contributed by atoms with E-state index in [1.165, 1.54) is 26.1 Å². The second-order valence-electron chi connectivity index (χ2n) is 3.51. The van der Waals surface area contributed by atoms with Crippen LogP contribution in [0.3, 0.4) is 0 Å². The van der Waals surface area contributed by atoms with Crippen LogP contribution < -0.4 is 10.6 Å². The molecule has 64 valence electrons. The standard InChI is InChI=1S/C7H16N3P/c11-10-4-7(5-10)9-6-1-2-8-3-6/h6-9H,1-5,11H2. The van der Waals surface area contributed by atoms with E-state index in [1.54, 1.807) is 0 Å². The van der Waals surface area contributed by atoms with E-state index in [-0.39, 0.29) is 0 Å². The molecule has 0 spiro atoms. The molecule has 4 heteroatoms. The van der Waals surface area contributed by atoms with Crippen molar-refractivity contribution < 1.29 is 0 Å².